The fraction of sp³-hybridized carbons (Fsp3) is 0.879. The Morgan fingerprint density at radius 1 is 0.375 bits per heavy atom. The minimum atomic E-state index is -1.29. The second kappa shape index (κ2) is 52.5. The van der Waals surface area contributed by atoms with Crippen molar-refractivity contribution in [2.45, 2.75) is 321 Å². The molecule has 0 aromatic heterocycles. The monoisotopic (exact) mass is 902 g/mol. The van der Waals surface area contributed by atoms with Crippen LogP contribution >= 0.6 is 0 Å². The number of allylic oxidation sites excluding steroid dienone is 6. The Balaban J connectivity index is 3.70. The third-order valence-corrected chi connectivity index (χ3v) is 13.3. The van der Waals surface area contributed by atoms with E-state index in [1.165, 1.54) is 218 Å². The Kier molecular flexibility index (Phi) is 51.3. The topological polar surface area (TPSA) is 110 Å². The predicted molar refractivity (Wildman–Crippen MR) is 279 cm³/mol. The number of aliphatic hydroxyl groups is 4. The Bertz CT molecular complexity index is 1010. The molecule has 6 heteroatoms. The molecule has 0 aliphatic heterocycles. The van der Waals surface area contributed by atoms with E-state index in [-0.39, 0.29) is 0 Å². The molecule has 0 aliphatic carbocycles. The van der Waals surface area contributed by atoms with Crippen LogP contribution in [0.2, 0.25) is 0 Å². The first-order valence-electron chi connectivity index (χ1n) is 28.4. The molecule has 0 saturated heterocycles. The second-order valence-corrected chi connectivity index (χ2v) is 19.6. The van der Waals surface area contributed by atoms with Gasteiger partial charge in [0.25, 0.3) is 0 Å². The van der Waals surface area contributed by atoms with Crippen molar-refractivity contribution in [2.24, 2.45) is 0 Å². The first-order chi connectivity index (χ1) is 31.5. The summed E-state index contributed by atoms with van der Waals surface area (Å²) >= 11 is 0. The van der Waals surface area contributed by atoms with Crippen molar-refractivity contribution in [3.05, 3.63) is 36.5 Å². The summed E-state index contributed by atoms with van der Waals surface area (Å²) in [5.74, 6) is -0.599. The van der Waals surface area contributed by atoms with E-state index in [4.69, 9.17) is 0 Å². The van der Waals surface area contributed by atoms with Crippen molar-refractivity contribution < 1.29 is 25.2 Å². The average molecular weight is 903 g/mol. The summed E-state index contributed by atoms with van der Waals surface area (Å²) in [5, 5.41) is 43.9. The molecule has 378 valence electrons. The molecule has 0 aromatic rings. The molecule has 0 rings (SSSR count). The third-order valence-electron chi connectivity index (χ3n) is 13.3. The third kappa shape index (κ3) is 45.7. The quantitative estimate of drug-likeness (QED) is 0.0309. The van der Waals surface area contributed by atoms with E-state index in [0.29, 0.717) is 19.3 Å². The van der Waals surface area contributed by atoms with Crippen molar-refractivity contribution in [3.63, 3.8) is 0 Å². The van der Waals surface area contributed by atoms with Crippen LogP contribution in [0.3, 0.4) is 0 Å². The van der Waals surface area contributed by atoms with E-state index in [1.807, 2.05) is 0 Å². The standard InChI is InChI=1S/C58H111NO5/c1-3-5-7-9-11-13-15-17-19-21-23-25-27-28-29-30-32-33-35-37-39-41-43-45-47-49-51-55(61)57(63)54(53-60)59-58(64)56(62)52-50-48-46-44-42-40-38-36-34-31-26-24-22-20-18-16-14-12-10-8-6-4-2/h34-37,43,45,54-57,60-63H,3-33,38-42,44,46-53H2,1-2H3,(H,59,64)/b36-34-,37-35+,45-43+. The van der Waals surface area contributed by atoms with Gasteiger partial charge in [-0.3, -0.25) is 4.79 Å². The Labute approximate surface area is 398 Å². The van der Waals surface area contributed by atoms with Crippen molar-refractivity contribution in [3.8, 4) is 0 Å². The van der Waals surface area contributed by atoms with Gasteiger partial charge in [0.05, 0.1) is 18.8 Å². The van der Waals surface area contributed by atoms with E-state index in [2.05, 4.69) is 55.6 Å². The van der Waals surface area contributed by atoms with Crippen LogP contribution in [0.25, 0.3) is 0 Å². The van der Waals surface area contributed by atoms with Gasteiger partial charge in [-0.1, -0.05) is 256 Å². The van der Waals surface area contributed by atoms with Crippen LogP contribution in [0.15, 0.2) is 36.5 Å². The van der Waals surface area contributed by atoms with Crippen LogP contribution < -0.4 is 5.32 Å². The summed E-state index contributed by atoms with van der Waals surface area (Å²) in [6.45, 7) is 4.07. The van der Waals surface area contributed by atoms with E-state index in [1.54, 1.807) is 0 Å². The number of carbonyl (C=O) groups excluding carboxylic acids is 1. The number of hydrogen-bond donors (Lipinski definition) is 5. The van der Waals surface area contributed by atoms with Gasteiger partial charge in [0.15, 0.2) is 0 Å². The van der Waals surface area contributed by atoms with Crippen LogP contribution in [0.5, 0.6) is 0 Å². The fourth-order valence-corrected chi connectivity index (χ4v) is 8.83. The van der Waals surface area contributed by atoms with Gasteiger partial charge >= 0.3 is 0 Å². The maximum atomic E-state index is 12.6. The normalized spacial score (nSPS) is 14.0. The van der Waals surface area contributed by atoms with Crippen molar-refractivity contribution in [1.82, 2.24) is 5.32 Å². The van der Waals surface area contributed by atoms with Gasteiger partial charge in [0, 0.05) is 0 Å². The zero-order valence-electron chi connectivity index (χ0n) is 42.8. The highest BCUT2D eigenvalue weighted by atomic mass is 16.3. The van der Waals surface area contributed by atoms with Gasteiger partial charge in [-0.15, -0.1) is 0 Å². The smallest absolute Gasteiger partial charge is 0.249 e. The van der Waals surface area contributed by atoms with E-state index in [0.717, 1.165) is 44.9 Å². The number of hydrogen-bond acceptors (Lipinski definition) is 5. The maximum absolute atomic E-state index is 12.6. The fourth-order valence-electron chi connectivity index (χ4n) is 8.83. The molecule has 0 bridgehead atoms. The SMILES string of the molecule is CCCCCCCCCCCCCC/C=C\CCCCCCCCC(O)C(=O)NC(CO)C(O)C(O)CCC/C=C/CC/C=C/CCCCCCCCCCCCCCCCCCC. The lowest BCUT2D eigenvalue weighted by Crippen LogP contribution is -2.53. The van der Waals surface area contributed by atoms with Crippen molar-refractivity contribution in [2.75, 3.05) is 6.61 Å². The molecule has 0 aromatic carbocycles. The molecular weight excluding hydrogens is 791 g/mol. The van der Waals surface area contributed by atoms with Gasteiger partial charge < -0.3 is 25.7 Å². The lowest BCUT2D eigenvalue weighted by molar-refractivity contribution is -0.132. The zero-order valence-corrected chi connectivity index (χ0v) is 42.8. The van der Waals surface area contributed by atoms with Gasteiger partial charge in [-0.25, -0.2) is 0 Å². The van der Waals surface area contributed by atoms with E-state index >= 15 is 0 Å². The van der Waals surface area contributed by atoms with E-state index in [9.17, 15) is 25.2 Å². The molecule has 6 nitrogen and oxygen atoms in total. The van der Waals surface area contributed by atoms with Gasteiger partial charge in [-0.05, 0) is 77.0 Å². The first-order valence-corrected chi connectivity index (χ1v) is 28.4. The second-order valence-electron chi connectivity index (χ2n) is 19.6. The highest BCUT2D eigenvalue weighted by Crippen LogP contribution is 2.17. The summed E-state index contributed by atoms with van der Waals surface area (Å²) in [6, 6.07) is -1.01. The molecule has 5 N–H and O–H groups in total. The lowest BCUT2D eigenvalue weighted by atomic mass is 10.00. The first kappa shape index (κ1) is 62.5. The van der Waals surface area contributed by atoms with Gasteiger partial charge in [0.2, 0.25) is 5.91 Å². The summed E-state index contributed by atoms with van der Waals surface area (Å²) in [6.07, 6.45) is 65.0. The molecule has 0 aliphatic rings. The molecule has 0 saturated carbocycles. The molecule has 64 heavy (non-hydrogen) atoms. The van der Waals surface area contributed by atoms with Crippen LogP contribution in [-0.4, -0.2) is 57.3 Å². The lowest BCUT2D eigenvalue weighted by Gasteiger charge is -2.27. The molecule has 4 atom stereocenters. The highest BCUT2D eigenvalue weighted by Gasteiger charge is 2.28. The minimum Gasteiger partial charge on any atom is -0.394 e. The Morgan fingerprint density at radius 2 is 0.656 bits per heavy atom. The Morgan fingerprint density at radius 3 is 0.984 bits per heavy atom. The summed E-state index contributed by atoms with van der Waals surface area (Å²) in [5.41, 5.74) is 0. The average Bonchev–Trinajstić information content (AvgIpc) is 3.30. The molecular formula is C58H111NO5. The van der Waals surface area contributed by atoms with Gasteiger partial charge in [0.1, 0.15) is 12.2 Å². The number of unbranched alkanes of at least 4 members (excludes halogenated alkanes) is 37. The number of rotatable bonds is 52. The van der Waals surface area contributed by atoms with Crippen LogP contribution in [-0.2, 0) is 4.79 Å². The molecule has 0 spiro atoms. The molecule has 0 radical (unpaired) electrons. The minimum absolute atomic E-state index is 0.353. The summed E-state index contributed by atoms with van der Waals surface area (Å²) in [4.78, 5) is 12.6. The van der Waals surface area contributed by atoms with Gasteiger partial charge in [-0.2, -0.15) is 0 Å². The highest BCUT2D eigenvalue weighted by molar-refractivity contribution is 5.80. The number of carbonyl (C=O) groups is 1. The summed E-state index contributed by atoms with van der Waals surface area (Å²) in [7, 11) is 0. The number of amides is 1. The zero-order chi connectivity index (χ0) is 46.7. The largest absolute Gasteiger partial charge is 0.394 e. The molecule has 1 amide bonds. The van der Waals surface area contributed by atoms with Crippen LogP contribution in [0.1, 0.15) is 296 Å². The van der Waals surface area contributed by atoms with Crippen LogP contribution in [0, 0.1) is 0 Å². The summed E-state index contributed by atoms with van der Waals surface area (Å²) < 4.78 is 0. The molecule has 0 fully saturated rings. The van der Waals surface area contributed by atoms with Crippen LogP contribution in [0.4, 0.5) is 0 Å². The van der Waals surface area contributed by atoms with E-state index < -0.39 is 36.9 Å². The van der Waals surface area contributed by atoms with Crippen molar-refractivity contribution >= 4 is 5.91 Å². The molecule has 4 unspecified atom stereocenters. The number of aliphatic hydroxyl groups excluding tert-OH is 4. The molecule has 0 heterocycles. The number of nitrogens with one attached hydrogen (secondary N) is 1. The van der Waals surface area contributed by atoms with Crippen molar-refractivity contribution in [1.29, 1.82) is 0 Å². The Hall–Kier alpha value is -1.47. The predicted octanol–water partition coefficient (Wildman–Crippen LogP) is 16.4. The maximum Gasteiger partial charge on any atom is 0.249 e.